The molecule has 1 heterocycles. The van der Waals surface area contributed by atoms with Gasteiger partial charge in [-0.25, -0.2) is 0 Å². The number of fused-ring (bicyclic) bond motifs is 1. The van der Waals surface area contributed by atoms with Crippen LogP contribution in [0.4, 0.5) is 0 Å². The van der Waals surface area contributed by atoms with Gasteiger partial charge in [0.1, 0.15) is 0 Å². The minimum absolute atomic E-state index is 0.738. The summed E-state index contributed by atoms with van der Waals surface area (Å²) in [6, 6.07) is 0.738. The van der Waals surface area contributed by atoms with Crippen molar-refractivity contribution in [2.24, 2.45) is 23.5 Å². The summed E-state index contributed by atoms with van der Waals surface area (Å²) >= 11 is 0. The number of hydrogen-bond acceptors (Lipinski definition) is 2. The fourth-order valence-corrected chi connectivity index (χ4v) is 3.08. The van der Waals surface area contributed by atoms with Crippen LogP contribution in [-0.2, 0) is 0 Å². The van der Waals surface area contributed by atoms with Gasteiger partial charge in [0.25, 0.3) is 0 Å². The van der Waals surface area contributed by atoms with Gasteiger partial charge in [-0.1, -0.05) is 0 Å². The van der Waals surface area contributed by atoms with E-state index < -0.39 is 0 Å². The van der Waals surface area contributed by atoms with Crippen molar-refractivity contribution < 1.29 is 0 Å². The second-order valence-corrected chi connectivity index (χ2v) is 5.14. The third-order valence-corrected chi connectivity index (χ3v) is 3.94. The molecule has 2 heteroatoms. The molecule has 2 fully saturated rings. The average Bonchev–Trinajstić information content (AvgIpc) is 2.58. The standard InChI is InChI=1S/C11H22N2/c1-8(2)13-6-10-3-9(5-12)4-11(10)7-13/h8-11H,3-7,12H2,1-2H3. The molecule has 2 unspecified atom stereocenters. The van der Waals surface area contributed by atoms with Gasteiger partial charge >= 0.3 is 0 Å². The van der Waals surface area contributed by atoms with Crippen LogP contribution in [0.2, 0.25) is 0 Å². The van der Waals surface area contributed by atoms with Crippen molar-refractivity contribution in [1.82, 2.24) is 4.90 Å². The van der Waals surface area contributed by atoms with E-state index in [2.05, 4.69) is 18.7 Å². The molecule has 2 nitrogen and oxygen atoms in total. The predicted octanol–water partition coefficient (Wildman–Crippen LogP) is 1.31. The zero-order chi connectivity index (χ0) is 9.42. The maximum atomic E-state index is 5.72. The van der Waals surface area contributed by atoms with E-state index in [1.165, 1.54) is 25.9 Å². The first-order valence-electron chi connectivity index (χ1n) is 5.64. The van der Waals surface area contributed by atoms with Crippen LogP contribution in [-0.4, -0.2) is 30.6 Å². The van der Waals surface area contributed by atoms with Gasteiger partial charge in [0, 0.05) is 19.1 Å². The fourth-order valence-electron chi connectivity index (χ4n) is 3.08. The van der Waals surface area contributed by atoms with Crippen LogP contribution in [0, 0.1) is 17.8 Å². The molecular formula is C11H22N2. The van der Waals surface area contributed by atoms with Crippen LogP contribution >= 0.6 is 0 Å². The average molecular weight is 182 g/mol. The molecule has 1 aliphatic heterocycles. The van der Waals surface area contributed by atoms with Gasteiger partial charge in [-0.15, -0.1) is 0 Å². The smallest absolute Gasteiger partial charge is 0.00388 e. The SMILES string of the molecule is CC(C)N1CC2CC(CN)CC2C1. The highest BCUT2D eigenvalue weighted by Gasteiger charge is 2.40. The lowest BCUT2D eigenvalue weighted by Crippen LogP contribution is -2.30. The second-order valence-electron chi connectivity index (χ2n) is 5.14. The largest absolute Gasteiger partial charge is 0.330 e. The molecule has 2 N–H and O–H groups in total. The van der Waals surface area contributed by atoms with E-state index in [4.69, 9.17) is 5.73 Å². The zero-order valence-corrected chi connectivity index (χ0v) is 8.87. The second kappa shape index (κ2) is 3.58. The van der Waals surface area contributed by atoms with Crippen molar-refractivity contribution in [2.45, 2.75) is 32.7 Å². The monoisotopic (exact) mass is 182 g/mol. The van der Waals surface area contributed by atoms with E-state index in [9.17, 15) is 0 Å². The fraction of sp³-hybridized carbons (Fsp3) is 1.00. The number of likely N-dealkylation sites (tertiary alicyclic amines) is 1. The summed E-state index contributed by atoms with van der Waals surface area (Å²) in [5.74, 6) is 2.77. The van der Waals surface area contributed by atoms with Crippen LogP contribution < -0.4 is 5.73 Å². The molecule has 1 aliphatic carbocycles. The Bertz CT molecular complexity index is 165. The molecular weight excluding hydrogens is 160 g/mol. The van der Waals surface area contributed by atoms with Gasteiger partial charge < -0.3 is 10.6 Å². The molecule has 0 aromatic rings. The molecule has 2 atom stereocenters. The van der Waals surface area contributed by atoms with Crippen molar-refractivity contribution >= 4 is 0 Å². The molecule has 76 valence electrons. The van der Waals surface area contributed by atoms with Crippen LogP contribution in [0.15, 0.2) is 0 Å². The first kappa shape index (κ1) is 9.47. The molecule has 0 aromatic heterocycles. The van der Waals surface area contributed by atoms with Crippen LogP contribution in [0.25, 0.3) is 0 Å². The number of nitrogens with two attached hydrogens (primary N) is 1. The normalized spacial score (nSPS) is 40.2. The predicted molar refractivity (Wildman–Crippen MR) is 55.5 cm³/mol. The molecule has 2 rings (SSSR count). The van der Waals surface area contributed by atoms with Gasteiger partial charge in [0.05, 0.1) is 0 Å². The Morgan fingerprint density at radius 1 is 1.23 bits per heavy atom. The number of hydrogen-bond donors (Lipinski definition) is 1. The molecule has 2 aliphatic rings. The van der Waals surface area contributed by atoms with Gasteiger partial charge in [0.15, 0.2) is 0 Å². The van der Waals surface area contributed by atoms with Crippen LogP contribution in [0.1, 0.15) is 26.7 Å². The van der Waals surface area contributed by atoms with Gasteiger partial charge in [0.2, 0.25) is 0 Å². The summed E-state index contributed by atoms with van der Waals surface area (Å²) in [6.07, 6.45) is 2.79. The lowest BCUT2D eigenvalue weighted by Gasteiger charge is -2.22. The van der Waals surface area contributed by atoms with Crippen molar-refractivity contribution in [3.63, 3.8) is 0 Å². The van der Waals surface area contributed by atoms with Crippen molar-refractivity contribution in [3.05, 3.63) is 0 Å². The maximum absolute atomic E-state index is 5.72. The summed E-state index contributed by atoms with van der Waals surface area (Å²) in [7, 11) is 0. The third-order valence-electron chi connectivity index (χ3n) is 3.94. The summed E-state index contributed by atoms with van der Waals surface area (Å²) in [6.45, 7) is 8.19. The van der Waals surface area contributed by atoms with Gasteiger partial charge in [-0.3, -0.25) is 0 Å². The molecule has 0 spiro atoms. The topological polar surface area (TPSA) is 29.3 Å². The van der Waals surface area contributed by atoms with Crippen molar-refractivity contribution in [3.8, 4) is 0 Å². The Labute approximate surface area is 81.5 Å². The lowest BCUT2D eigenvalue weighted by atomic mass is 10.0. The molecule has 13 heavy (non-hydrogen) atoms. The van der Waals surface area contributed by atoms with E-state index in [0.29, 0.717) is 0 Å². The van der Waals surface area contributed by atoms with Crippen molar-refractivity contribution in [1.29, 1.82) is 0 Å². The molecule has 0 radical (unpaired) electrons. The summed E-state index contributed by atoms with van der Waals surface area (Å²) in [4.78, 5) is 2.63. The molecule has 1 saturated carbocycles. The number of nitrogens with zero attached hydrogens (tertiary/aromatic N) is 1. The highest BCUT2D eigenvalue weighted by Crippen LogP contribution is 2.41. The Morgan fingerprint density at radius 3 is 2.15 bits per heavy atom. The highest BCUT2D eigenvalue weighted by atomic mass is 15.2. The van der Waals surface area contributed by atoms with E-state index in [1.54, 1.807) is 0 Å². The summed E-state index contributed by atoms with van der Waals surface area (Å²) in [5.41, 5.74) is 5.72. The van der Waals surface area contributed by atoms with E-state index in [0.717, 1.165) is 30.3 Å². The Kier molecular flexibility index (Phi) is 2.61. The van der Waals surface area contributed by atoms with Gasteiger partial charge in [-0.2, -0.15) is 0 Å². The Hall–Kier alpha value is -0.0800. The minimum atomic E-state index is 0.738. The first-order valence-corrected chi connectivity index (χ1v) is 5.64. The molecule has 0 aromatic carbocycles. The molecule has 0 amide bonds. The lowest BCUT2D eigenvalue weighted by molar-refractivity contribution is 0.246. The third kappa shape index (κ3) is 1.75. The summed E-state index contributed by atoms with van der Waals surface area (Å²) in [5, 5.41) is 0. The molecule has 0 bridgehead atoms. The van der Waals surface area contributed by atoms with Gasteiger partial charge in [-0.05, 0) is 51.0 Å². The van der Waals surface area contributed by atoms with Crippen molar-refractivity contribution in [2.75, 3.05) is 19.6 Å². The maximum Gasteiger partial charge on any atom is 0.00388 e. The number of rotatable bonds is 2. The van der Waals surface area contributed by atoms with E-state index in [1.807, 2.05) is 0 Å². The minimum Gasteiger partial charge on any atom is -0.330 e. The van der Waals surface area contributed by atoms with E-state index >= 15 is 0 Å². The van der Waals surface area contributed by atoms with Crippen LogP contribution in [0.5, 0.6) is 0 Å². The quantitative estimate of drug-likeness (QED) is 0.697. The van der Waals surface area contributed by atoms with E-state index in [-0.39, 0.29) is 0 Å². The first-order chi connectivity index (χ1) is 6.20. The van der Waals surface area contributed by atoms with Crippen LogP contribution in [0.3, 0.4) is 0 Å². The zero-order valence-electron chi connectivity index (χ0n) is 8.87. The highest BCUT2D eigenvalue weighted by molar-refractivity contribution is 4.93. The summed E-state index contributed by atoms with van der Waals surface area (Å²) < 4.78 is 0. The Balaban J connectivity index is 1.89. The molecule has 1 saturated heterocycles. The Morgan fingerprint density at radius 2 is 1.77 bits per heavy atom.